The van der Waals surface area contributed by atoms with E-state index >= 15 is 0 Å². The molecule has 6 heteroatoms. The first-order chi connectivity index (χ1) is 14.2. The lowest BCUT2D eigenvalue weighted by atomic mass is 9.88. The van der Waals surface area contributed by atoms with E-state index in [0.717, 1.165) is 28.0 Å². The van der Waals surface area contributed by atoms with Crippen LogP contribution in [0.25, 0.3) is 5.57 Å². The number of methoxy groups -OCH3 is 1. The van der Waals surface area contributed by atoms with E-state index in [4.69, 9.17) is 4.74 Å². The highest BCUT2D eigenvalue weighted by molar-refractivity contribution is 8.02. The molecule has 5 nitrogen and oxygen atoms in total. The summed E-state index contributed by atoms with van der Waals surface area (Å²) in [5.41, 5.74) is 5.40. The van der Waals surface area contributed by atoms with Crippen molar-refractivity contribution >= 4 is 40.5 Å². The van der Waals surface area contributed by atoms with Crippen molar-refractivity contribution in [2.75, 3.05) is 22.7 Å². The zero-order valence-electron chi connectivity index (χ0n) is 17.8. The van der Waals surface area contributed by atoms with Gasteiger partial charge in [0.1, 0.15) is 5.75 Å². The predicted molar refractivity (Wildman–Crippen MR) is 121 cm³/mol. The molecule has 3 heterocycles. The van der Waals surface area contributed by atoms with E-state index in [2.05, 4.69) is 39.0 Å². The molecule has 0 saturated carbocycles. The number of benzene rings is 2. The van der Waals surface area contributed by atoms with Gasteiger partial charge in [0, 0.05) is 16.8 Å². The highest BCUT2D eigenvalue weighted by Gasteiger charge is 2.64. The van der Waals surface area contributed by atoms with Crippen LogP contribution in [0.3, 0.4) is 0 Å². The highest BCUT2D eigenvalue weighted by Crippen LogP contribution is 2.60. The summed E-state index contributed by atoms with van der Waals surface area (Å²) in [5.74, 6) is 0.867. The number of rotatable bonds is 2. The molecule has 1 atom stereocenters. The van der Waals surface area contributed by atoms with E-state index in [1.807, 2.05) is 36.1 Å². The normalized spacial score (nSPS) is 23.8. The molecule has 3 aliphatic rings. The van der Waals surface area contributed by atoms with Crippen LogP contribution in [-0.2, 0) is 14.5 Å². The van der Waals surface area contributed by atoms with E-state index in [1.165, 1.54) is 11.8 Å². The molecule has 2 amide bonds. The standard InChI is InChI=1S/C24H24N2O3S/c1-14-10-18-15(2)12-23(3,4)26-21(18)19(11-14)24(22(26)28)25(20(27)13-30-24)16-6-8-17(29-5)9-7-16/h6-12H,13H2,1-5H3. The molecule has 1 saturated heterocycles. The SMILES string of the molecule is COc1ccc(N2C(=O)CSC23C(=O)N2c4c(cc(C)cc43)C(C)=CC2(C)C)cc1. The number of nitrogens with zero attached hydrogens (tertiary/aromatic N) is 2. The summed E-state index contributed by atoms with van der Waals surface area (Å²) in [7, 11) is 1.61. The van der Waals surface area contributed by atoms with Crippen molar-refractivity contribution in [1.82, 2.24) is 0 Å². The summed E-state index contributed by atoms with van der Waals surface area (Å²) in [4.78, 5) is 29.8. The summed E-state index contributed by atoms with van der Waals surface area (Å²) in [6.45, 7) is 8.25. The fourth-order valence-corrected chi connectivity index (χ4v) is 6.38. The monoisotopic (exact) mass is 420 g/mol. The number of carbonyl (C=O) groups excluding carboxylic acids is 2. The van der Waals surface area contributed by atoms with Gasteiger partial charge in [-0.05, 0) is 69.2 Å². The Bertz CT molecular complexity index is 1140. The molecular weight excluding hydrogens is 396 g/mol. The summed E-state index contributed by atoms with van der Waals surface area (Å²) >= 11 is 1.42. The van der Waals surface area contributed by atoms with Gasteiger partial charge in [-0.25, -0.2) is 0 Å². The molecule has 1 fully saturated rings. The lowest BCUT2D eigenvalue weighted by molar-refractivity contribution is -0.124. The smallest absolute Gasteiger partial charge is 0.269 e. The molecule has 154 valence electrons. The van der Waals surface area contributed by atoms with Crippen LogP contribution in [0, 0.1) is 6.92 Å². The number of allylic oxidation sites excluding steroid dienone is 1. The fourth-order valence-electron chi connectivity index (χ4n) is 5.05. The Labute approximate surface area is 180 Å². The van der Waals surface area contributed by atoms with Gasteiger partial charge in [0.2, 0.25) is 10.8 Å². The minimum Gasteiger partial charge on any atom is -0.497 e. The lowest BCUT2D eigenvalue weighted by Crippen LogP contribution is -2.54. The van der Waals surface area contributed by atoms with Gasteiger partial charge in [0.25, 0.3) is 5.91 Å². The van der Waals surface area contributed by atoms with Gasteiger partial charge in [-0.15, -0.1) is 11.8 Å². The highest BCUT2D eigenvalue weighted by atomic mass is 32.2. The van der Waals surface area contributed by atoms with Crippen LogP contribution < -0.4 is 14.5 Å². The number of amides is 2. The van der Waals surface area contributed by atoms with Crippen LogP contribution >= 0.6 is 11.8 Å². The van der Waals surface area contributed by atoms with Crippen LogP contribution in [-0.4, -0.2) is 30.2 Å². The molecule has 0 N–H and O–H groups in total. The van der Waals surface area contributed by atoms with Crippen molar-refractivity contribution in [3.05, 3.63) is 59.2 Å². The minimum absolute atomic E-state index is 0.0511. The Hall–Kier alpha value is -2.73. The van der Waals surface area contributed by atoms with Crippen LogP contribution in [0.4, 0.5) is 11.4 Å². The van der Waals surface area contributed by atoms with E-state index in [-0.39, 0.29) is 17.6 Å². The van der Waals surface area contributed by atoms with Gasteiger partial charge < -0.3 is 4.74 Å². The number of carbonyl (C=O) groups is 2. The van der Waals surface area contributed by atoms with Crippen molar-refractivity contribution in [3.8, 4) is 5.75 Å². The van der Waals surface area contributed by atoms with E-state index in [9.17, 15) is 9.59 Å². The maximum atomic E-state index is 14.1. The van der Waals surface area contributed by atoms with Gasteiger partial charge in [0.15, 0.2) is 0 Å². The molecule has 1 spiro atoms. The van der Waals surface area contributed by atoms with Gasteiger partial charge >= 0.3 is 0 Å². The van der Waals surface area contributed by atoms with E-state index in [1.54, 1.807) is 12.0 Å². The Balaban J connectivity index is 1.79. The van der Waals surface area contributed by atoms with E-state index < -0.39 is 10.4 Å². The average molecular weight is 421 g/mol. The first-order valence-corrected chi connectivity index (χ1v) is 11.0. The number of ether oxygens (including phenoxy) is 1. The molecule has 2 aromatic rings. The first-order valence-electron chi connectivity index (χ1n) is 10.0. The quantitative estimate of drug-likeness (QED) is 0.719. The number of hydrogen-bond acceptors (Lipinski definition) is 4. The zero-order valence-corrected chi connectivity index (χ0v) is 18.6. The van der Waals surface area contributed by atoms with Gasteiger partial charge in [-0.2, -0.15) is 0 Å². The largest absolute Gasteiger partial charge is 0.497 e. The second kappa shape index (κ2) is 6.14. The molecular formula is C24H24N2O3S. The Morgan fingerprint density at radius 1 is 1.03 bits per heavy atom. The molecule has 0 aromatic heterocycles. The summed E-state index contributed by atoms with van der Waals surface area (Å²) in [6, 6.07) is 11.6. The summed E-state index contributed by atoms with van der Waals surface area (Å²) in [6.07, 6.45) is 2.15. The molecule has 1 unspecified atom stereocenters. The first kappa shape index (κ1) is 19.2. The van der Waals surface area contributed by atoms with Gasteiger partial charge in [-0.3, -0.25) is 19.4 Å². The molecule has 0 radical (unpaired) electrons. The number of hydrogen-bond donors (Lipinski definition) is 0. The van der Waals surface area contributed by atoms with Gasteiger partial charge in [-0.1, -0.05) is 12.1 Å². The Morgan fingerprint density at radius 2 is 1.73 bits per heavy atom. The van der Waals surface area contributed by atoms with Crippen molar-refractivity contribution in [2.24, 2.45) is 0 Å². The number of fused-ring (bicyclic) bond motifs is 1. The zero-order chi connectivity index (χ0) is 21.4. The topological polar surface area (TPSA) is 49.9 Å². The average Bonchev–Trinajstić information content (AvgIpc) is 3.17. The fraction of sp³-hybridized carbons (Fsp3) is 0.333. The lowest BCUT2D eigenvalue weighted by Gasteiger charge is -2.40. The summed E-state index contributed by atoms with van der Waals surface area (Å²) < 4.78 is 5.28. The number of thioether (sulfide) groups is 1. The number of anilines is 2. The van der Waals surface area contributed by atoms with Crippen LogP contribution in [0.1, 0.15) is 37.5 Å². The van der Waals surface area contributed by atoms with Gasteiger partial charge in [0.05, 0.1) is 24.1 Å². The van der Waals surface area contributed by atoms with E-state index in [0.29, 0.717) is 11.4 Å². The Morgan fingerprint density at radius 3 is 2.40 bits per heavy atom. The van der Waals surface area contributed by atoms with Crippen LogP contribution in [0.5, 0.6) is 5.75 Å². The molecule has 5 rings (SSSR count). The second-order valence-electron chi connectivity index (χ2n) is 8.69. The second-order valence-corrected chi connectivity index (χ2v) is 9.86. The van der Waals surface area contributed by atoms with Crippen molar-refractivity contribution in [2.45, 2.75) is 38.1 Å². The van der Waals surface area contributed by atoms with Crippen molar-refractivity contribution in [1.29, 1.82) is 0 Å². The third kappa shape index (κ3) is 2.31. The minimum atomic E-state index is -1.09. The maximum absolute atomic E-state index is 14.1. The van der Waals surface area contributed by atoms with Crippen molar-refractivity contribution in [3.63, 3.8) is 0 Å². The van der Waals surface area contributed by atoms with Crippen LogP contribution in [0.2, 0.25) is 0 Å². The van der Waals surface area contributed by atoms with Crippen LogP contribution in [0.15, 0.2) is 42.5 Å². The molecule has 0 bridgehead atoms. The third-order valence-electron chi connectivity index (χ3n) is 6.21. The molecule has 30 heavy (non-hydrogen) atoms. The number of aryl methyl sites for hydroxylation is 1. The summed E-state index contributed by atoms with van der Waals surface area (Å²) in [5, 5.41) is 0. The predicted octanol–water partition coefficient (Wildman–Crippen LogP) is 4.48. The third-order valence-corrected chi connectivity index (χ3v) is 7.59. The van der Waals surface area contributed by atoms with Crippen molar-refractivity contribution < 1.29 is 14.3 Å². The molecule has 2 aromatic carbocycles. The molecule has 0 aliphatic carbocycles. The maximum Gasteiger partial charge on any atom is 0.269 e. The molecule has 3 aliphatic heterocycles. The Kier molecular flexibility index (Phi) is 3.94.